The fraction of sp³-hybridized carbons (Fsp3) is 0.429. The lowest BCUT2D eigenvalue weighted by Gasteiger charge is -2.06. The van der Waals surface area contributed by atoms with Crippen molar-refractivity contribution in [3.05, 3.63) is 12.7 Å². The first-order valence-electron chi connectivity index (χ1n) is 3.16. The third-order valence-electron chi connectivity index (χ3n) is 0.983. The molecular weight excluding hydrogens is 164 g/mol. The molecule has 0 fully saturated rings. The van der Waals surface area contributed by atoms with Crippen LogP contribution in [0.4, 0.5) is 0 Å². The minimum Gasteiger partial charge on any atom is -0.463 e. The zero-order valence-corrected chi connectivity index (χ0v) is 6.65. The highest BCUT2D eigenvalue weighted by Crippen LogP contribution is 1.91. The molecule has 1 unspecified atom stereocenters. The molecule has 0 aromatic heterocycles. The highest BCUT2D eigenvalue weighted by Gasteiger charge is 2.23. The van der Waals surface area contributed by atoms with E-state index in [1.807, 2.05) is 0 Å². The average Bonchev–Trinajstić information content (AvgIpc) is 2.11. The van der Waals surface area contributed by atoms with Crippen LogP contribution in [0.25, 0.3) is 0 Å². The normalized spacial score (nSPS) is 11.8. The smallest absolute Gasteiger partial charge is 0.379 e. The van der Waals surface area contributed by atoms with Crippen molar-refractivity contribution in [3.63, 3.8) is 0 Å². The van der Waals surface area contributed by atoms with Crippen LogP contribution in [0.5, 0.6) is 0 Å². The Morgan fingerprint density at radius 2 is 2.25 bits per heavy atom. The number of ketones is 1. The molecule has 5 nitrogen and oxygen atoms in total. The maximum Gasteiger partial charge on any atom is 0.379 e. The van der Waals surface area contributed by atoms with Crippen LogP contribution in [0, 0.1) is 0 Å². The van der Waals surface area contributed by atoms with E-state index >= 15 is 0 Å². The summed E-state index contributed by atoms with van der Waals surface area (Å²) < 4.78 is 8.52. The zero-order valence-electron chi connectivity index (χ0n) is 6.65. The number of esters is 1. The van der Waals surface area contributed by atoms with Crippen LogP contribution in [0.15, 0.2) is 12.7 Å². The quantitative estimate of drug-likeness (QED) is 0.257. The molecule has 0 aliphatic carbocycles. The van der Waals surface area contributed by atoms with Gasteiger partial charge in [0, 0.05) is 0 Å². The SMILES string of the molecule is C=CCOC(O)C(=O)C(=O)OC. The Hall–Kier alpha value is -1.20. The Bertz CT molecular complexity index is 186. The van der Waals surface area contributed by atoms with Crippen molar-refractivity contribution in [2.75, 3.05) is 13.7 Å². The summed E-state index contributed by atoms with van der Waals surface area (Å²) >= 11 is 0. The monoisotopic (exact) mass is 174 g/mol. The Labute approximate surface area is 69.6 Å². The summed E-state index contributed by atoms with van der Waals surface area (Å²) in [5, 5.41) is 8.83. The van der Waals surface area contributed by atoms with Crippen molar-refractivity contribution in [1.29, 1.82) is 0 Å². The van der Waals surface area contributed by atoms with Gasteiger partial charge in [-0.05, 0) is 0 Å². The summed E-state index contributed by atoms with van der Waals surface area (Å²) in [4.78, 5) is 21.2. The largest absolute Gasteiger partial charge is 0.463 e. The van der Waals surface area contributed by atoms with Gasteiger partial charge in [-0.15, -0.1) is 6.58 Å². The summed E-state index contributed by atoms with van der Waals surface area (Å²) in [5.41, 5.74) is 0. The maximum absolute atomic E-state index is 10.7. The molecule has 0 aromatic carbocycles. The van der Waals surface area contributed by atoms with E-state index in [1.54, 1.807) is 0 Å². The van der Waals surface area contributed by atoms with Crippen LogP contribution in [0.2, 0.25) is 0 Å². The first kappa shape index (κ1) is 10.8. The van der Waals surface area contributed by atoms with Gasteiger partial charge in [0.1, 0.15) is 0 Å². The van der Waals surface area contributed by atoms with Crippen molar-refractivity contribution in [1.82, 2.24) is 0 Å². The third kappa shape index (κ3) is 3.27. The Balaban J connectivity index is 3.92. The molecule has 0 spiro atoms. The Morgan fingerprint density at radius 1 is 1.67 bits per heavy atom. The van der Waals surface area contributed by atoms with Crippen LogP contribution in [-0.4, -0.2) is 36.9 Å². The zero-order chi connectivity index (χ0) is 9.56. The third-order valence-corrected chi connectivity index (χ3v) is 0.983. The van der Waals surface area contributed by atoms with E-state index in [0.717, 1.165) is 7.11 Å². The van der Waals surface area contributed by atoms with E-state index in [9.17, 15) is 9.59 Å². The summed E-state index contributed by atoms with van der Waals surface area (Å²) in [7, 11) is 1.04. The van der Waals surface area contributed by atoms with Gasteiger partial charge in [0.2, 0.25) is 6.29 Å². The van der Waals surface area contributed by atoms with Gasteiger partial charge < -0.3 is 14.6 Å². The van der Waals surface area contributed by atoms with Crippen molar-refractivity contribution < 1.29 is 24.2 Å². The minimum atomic E-state index is -1.77. The first-order valence-corrected chi connectivity index (χ1v) is 3.16. The van der Waals surface area contributed by atoms with Gasteiger partial charge in [-0.25, -0.2) is 4.79 Å². The van der Waals surface area contributed by atoms with Crippen LogP contribution in [0.3, 0.4) is 0 Å². The predicted octanol–water partition coefficient (Wildman–Crippen LogP) is -0.751. The number of rotatable bonds is 5. The van der Waals surface area contributed by atoms with E-state index < -0.39 is 18.0 Å². The number of aliphatic hydroxyl groups excluding tert-OH is 1. The van der Waals surface area contributed by atoms with Gasteiger partial charge >= 0.3 is 5.97 Å². The predicted molar refractivity (Wildman–Crippen MR) is 39.2 cm³/mol. The molecule has 1 atom stereocenters. The van der Waals surface area contributed by atoms with E-state index in [0.29, 0.717) is 0 Å². The average molecular weight is 174 g/mol. The molecule has 0 saturated carbocycles. The van der Waals surface area contributed by atoms with Gasteiger partial charge in [-0.3, -0.25) is 4.79 Å². The summed E-state index contributed by atoms with van der Waals surface area (Å²) in [6.07, 6.45) is -0.427. The number of aliphatic hydroxyl groups is 1. The van der Waals surface area contributed by atoms with Crippen LogP contribution in [-0.2, 0) is 19.1 Å². The molecule has 5 heteroatoms. The number of carbonyl (C=O) groups excluding carboxylic acids is 2. The number of methoxy groups -OCH3 is 1. The van der Waals surface area contributed by atoms with Crippen molar-refractivity contribution >= 4 is 11.8 Å². The van der Waals surface area contributed by atoms with Gasteiger partial charge in [0.15, 0.2) is 0 Å². The number of ether oxygens (including phenoxy) is 2. The summed E-state index contributed by atoms with van der Waals surface area (Å²) in [6, 6.07) is 0. The summed E-state index contributed by atoms with van der Waals surface area (Å²) in [5.74, 6) is -2.26. The van der Waals surface area contributed by atoms with E-state index in [4.69, 9.17) is 5.11 Å². The molecule has 1 N–H and O–H groups in total. The lowest BCUT2D eigenvalue weighted by Crippen LogP contribution is -2.31. The summed E-state index contributed by atoms with van der Waals surface area (Å²) in [6.45, 7) is 3.28. The highest BCUT2D eigenvalue weighted by atomic mass is 16.6. The fourth-order valence-electron chi connectivity index (χ4n) is 0.436. The van der Waals surface area contributed by atoms with Gasteiger partial charge in [0.05, 0.1) is 13.7 Å². The molecule has 0 aromatic rings. The van der Waals surface area contributed by atoms with Crippen LogP contribution >= 0.6 is 0 Å². The molecule has 0 radical (unpaired) electrons. The van der Waals surface area contributed by atoms with E-state index in [2.05, 4.69) is 16.1 Å². The molecule has 0 rings (SSSR count). The minimum absolute atomic E-state index is 0.0100. The number of Topliss-reactive ketones (excluding diaryl/α,β-unsaturated/α-hetero) is 1. The van der Waals surface area contributed by atoms with Gasteiger partial charge in [-0.1, -0.05) is 6.08 Å². The fourth-order valence-corrected chi connectivity index (χ4v) is 0.436. The molecule has 0 aliphatic rings. The van der Waals surface area contributed by atoms with Gasteiger partial charge in [-0.2, -0.15) is 0 Å². The second-order valence-electron chi connectivity index (χ2n) is 1.83. The molecule has 12 heavy (non-hydrogen) atoms. The van der Waals surface area contributed by atoms with Gasteiger partial charge in [0.25, 0.3) is 5.78 Å². The molecule has 0 amide bonds. The lowest BCUT2D eigenvalue weighted by atomic mass is 10.4. The molecule has 0 bridgehead atoms. The van der Waals surface area contributed by atoms with Crippen molar-refractivity contribution in [3.8, 4) is 0 Å². The maximum atomic E-state index is 10.7. The standard InChI is InChI=1S/C7H10O5/c1-3-4-12-7(10)5(8)6(9)11-2/h3,7,10H,1,4H2,2H3. The van der Waals surface area contributed by atoms with E-state index in [1.165, 1.54) is 6.08 Å². The Morgan fingerprint density at radius 3 is 2.67 bits per heavy atom. The Kier molecular flexibility index (Phi) is 4.91. The molecule has 0 saturated heterocycles. The van der Waals surface area contributed by atoms with Crippen LogP contribution in [0.1, 0.15) is 0 Å². The first-order chi connectivity index (χ1) is 5.63. The topological polar surface area (TPSA) is 72.8 Å². The second-order valence-corrected chi connectivity index (χ2v) is 1.83. The second kappa shape index (κ2) is 5.45. The number of hydrogen-bond donors (Lipinski definition) is 1. The van der Waals surface area contributed by atoms with Crippen molar-refractivity contribution in [2.24, 2.45) is 0 Å². The number of carbonyl (C=O) groups is 2. The molecule has 0 heterocycles. The molecule has 0 aliphatic heterocycles. The highest BCUT2D eigenvalue weighted by molar-refractivity contribution is 6.34. The molecular formula is C7H10O5. The number of hydrogen-bond acceptors (Lipinski definition) is 5. The van der Waals surface area contributed by atoms with Crippen LogP contribution < -0.4 is 0 Å². The van der Waals surface area contributed by atoms with Crippen molar-refractivity contribution in [2.45, 2.75) is 6.29 Å². The molecule has 68 valence electrons. The lowest BCUT2D eigenvalue weighted by molar-refractivity contribution is -0.169. The van der Waals surface area contributed by atoms with E-state index in [-0.39, 0.29) is 6.61 Å².